The molecule has 0 fully saturated rings. The van der Waals surface area contributed by atoms with Crippen LogP contribution in [0, 0.1) is 5.41 Å². The van der Waals surface area contributed by atoms with Crippen LogP contribution in [0.1, 0.15) is 20.8 Å². The number of carbonyl (C=O) groups is 1. The first-order chi connectivity index (χ1) is 4.76. The van der Waals surface area contributed by atoms with Crippen molar-refractivity contribution < 1.29 is 20.7 Å². The summed E-state index contributed by atoms with van der Waals surface area (Å²) in [6.45, 7) is 5.25. The summed E-state index contributed by atoms with van der Waals surface area (Å²) in [6.07, 6.45) is -0.965. The summed E-state index contributed by atoms with van der Waals surface area (Å²) >= 11 is 0. The highest BCUT2D eigenvalue weighted by atomic mass is 16.4. The number of rotatable bonds is 2. The average Bonchev–Trinajstić information content (AvgIpc) is 1.82. The van der Waals surface area contributed by atoms with Crippen molar-refractivity contribution in [3.63, 3.8) is 0 Å². The lowest BCUT2D eigenvalue weighted by molar-refractivity contribution is -0.456. The zero-order valence-corrected chi connectivity index (χ0v) is 7.13. The van der Waals surface area contributed by atoms with Crippen LogP contribution in [0.5, 0.6) is 0 Å². The van der Waals surface area contributed by atoms with Crippen molar-refractivity contribution in [1.29, 1.82) is 0 Å². The van der Waals surface area contributed by atoms with Crippen LogP contribution in [0.25, 0.3) is 0 Å². The third kappa shape index (κ3) is 2.86. The number of carboxylic acid groups (broad SMARTS) is 1. The van der Waals surface area contributed by atoms with Gasteiger partial charge in [-0.25, -0.2) is 0 Å². The van der Waals surface area contributed by atoms with Crippen molar-refractivity contribution in [2.75, 3.05) is 0 Å². The summed E-state index contributed by atoms with van der Waals surface area (Å²) in [5, 5.41) is 19.6. The van der Waals surface area contributed by atoms with E-state index in [1.807, 2.05) is 0 Å². The van der Waals surface area contributed by atoms with E-state index >= 15 is 0 Å². The fourth-order valence-corrected chi connectivity index (χ4v) is 0.732. The molecule has 4 nitrogen and oxygen atoms in total. The maximum Gasteiger partial charge on any atom is 0.151 e. The van der Waals surface area contributed by atoms with E-state index in [-0.39, 0.29) is 0 Å². The minimum atomic E-state index is -1.31. The number of carboxylic acids is 1. The second kappa shape index (κ2) is 3.19. The molecule has 0 aliphatic carbocycles. The monoisotopic (exact) mass is 161 g/mol. The molecule has 0 aliphatic rings. The topological polar surface area (TPSA) is 88.0 Å². The van der Waals surface area contributed by atoms with Gasteiger partial charge in [-0.1, -0.05) is 20.8 Å². The van der Waals surface area contributed by atoms with Crippen LogP contribution >= 0.6 is 0 Å². The van der Waals surface area contributed by atoms with Crippen LogP contribution in [0.15, 0.2) is 0 Å². The predicted octanol–water partition coefficient (Wildman–Crippen LogP) is -2.25. The quantitative estimate of drug-likeness (QED) is 0.479. The van der Waals surface area contributed by atoms with Crippen LogP contribution in [0.4, 0.5) is 0 Å². The molecule has 0 rings (SSSR count). The van der Waals surface area contributed by atoms with Crippen molar-refractivity contribution in [3.05, 3.63) is 0 Å². The minimum absolute atomic E-state index is 0.466. The SMILES string of the molecule is CC(C)(C)[C@@H](O)[C@H]([NH3+])C(=O)[O-]. The van der Waals surface area contributed by atoms with E-state index in [1.165, 1.54) is 0 Å². The van der Waals surface area contributed by atoms with Gasteiger partial charge in [-0.05, 0) is 5.41 Å². The largest absolute Gasteiger partial charge is 0.544 e. The fourth-order valence-electron chi connectivity index (χ4n) is 0.732. The van der Waals surface area contributed by atoms with E-state index in [9.17, 15) is 15.0 Å². The van der Waals surface area contributed by atoms with E-state index in [4.69, 9.17) is 0 Å². The van der Waals surface area contributed by atoms with Crippen LogP contribution in [-0.4, -0.2) is 23.2 Å². The van der Waals surface area contributed by atoms with Crippen LogP contribution in [-0.2, 0) is 4.79 Å². The van der Waals surface area contributed by atoms with Gasteiger partial charge in [-0.2, -0.15) is 0 Å². The molecule has 0 radical (unpaired) electrons. The summed E-state index contributed by atoms with van der Waals surface area (Å²) in [4.78, 5) is 10.3. The van der Waals surface area contributed by atoms with Crippen LogP contribution in [0.3, 0.4) is 0 Å². The molecule has 2 atom stereocenters. The normalized spacial score (nSPS) is 17.5. The Bertz CT molecular complexity index is 150. The van der Waals surface area contributed by atoms with Gasteiger partial charge in [0.05, 0.1) is 0 Å². The maximum absolute atomic E-state index is 10.3. The summed E-state index contributed by atoms with van der Waals surface area (Å²) in [7, 11) is 0. The highest BCUT2D eigenvalue weighted by molar-refractivity contribution is 5.70. The Kier molecular flexibility index (Phi) is 3.02. The zero-order chi connectivity index (χ0) is 9.23. The summed E-state index contributed by atoms with van der Waals surface area (Å²) in [5.74, 6) is -1.31. The molecule has 0 bridgehead atoms. The van der Waals surface area contributed by atoms with Gasteiger partial charge in [0, 0.05) is 0 Å². The summed E-state index contributed by atoms with van der Waals surface area (Å²) in [6, 6.07) is -1.06. The Morgan fingerprint density at radius 3 is 2.00 bits per heavy atom. The number of aliphatic carboxylic acids is 1. The fraction of sp³-hybridized carbons (Fsp3) is 0.857. The molecule has 0 aliphatic heterocycles. The molecule has 0 spiro atoms. The minimum Gasteiger partial charge on any atom is -0.544 e. The Labute approximate surface area is 66.0 Å². The van der Waals surface area contributed by atoms with Gasteiger partial charge in [0.15, 0.2) is 6.04 Å². The lowest BCUT2D eigenvalue weighted by Crippen LogP contribution is -2.74. The molecule has 0 aromatic carbocycles. The first kappa shape index (κ1) is 10.4. The molecular formula is C7H15NO3. The van der Waals surface area contributed by atoms with E-state index in [0.29, 0.717) is 0 Å². The third-order valence-electron chi connectivity index (χ3n) is 1.57. The van der Waals surface area contributed by atoms with Gasteiger partial charge in [0.25, 0.3) is 0 Å². The first-order valence-electron chi connectivity index (χ1n) is 3.49. The van der Waals surface area contributed by atoms with Gasteiger partial charge in [-0.3, -0.25) is 0 Å². The Hall–Kier alpha value is -0.610. The molecule has 4 N–H and O–H groups in total. The molecule has 0 aromatic rings. The third-order valence-corrected chi connectivity index (χ3v) is 1.57. The Balaban J connectivity index is 4.25. The molecule has 66 valence electrons. The molecule has 0 amide bonds. The Morgan fingerprint density at radius 1 is 1.55 bits per heavy atom. The van der Waals surface area contributed by atoms with Crippen molar-refractivity contribution in [3.8, 4) is 0 Å². The molecule has 4 heteroatoms. The molecule has 0 saturated heterocycles. The maximum atomic E-state index is 10.3. The van der Waals surface area contributed by atoms with E-state index in [0.717, 1.165) is 0 Å². The van der Waals surface area contributed by atoms with Crippen molar-refractivity contribution in [2.45, 2.75) is 32.9 Å². The van der Waals surface area contributed by atoms with E-state index in [2.05, 4.69) is 5.73 Å². The number of quaternary nitrogens is 1. The van der Waals surface area contributed by atoms with Crippen LogP contribution < -0.4 is 10.8 Å². The molecule has 0 unspecified atom stereocenters. The van der Waals surface area contributed by atoms with Gasteiger partial charge >= 0.3 is 0 Å². The second-order valence-corrected chi connectivity index (χ2v) is 3.74. The zero-order valence-electron chi connectivity index (χ0n) is 7.13. The summed E-state index contributed by atoms with van der Waals surface area (Å²) < 4.78 is 0. The number of aliphatic hydroxyl groups excluding tert-OH is 1. The molecule has 0 heterocycles. The van der Waals surface area contributed by atoms with Crippen LogP contribution in [0.2, 0.25) is 0 Å². The predicted molar refractivity (Wildman–Crippen MR) is 37.1 cm³/mol. The summed E-state index contributed by atoms with van der Waals surface area (Å²) in [5.41, 5.74) is 2.83. The van der Waals surface area contributed by atoms with E-state index in [1.54, 1.807) is 20.8 Å². The van der Waals surface area contributed by atoms with Gasteiger partial charge in [0.1, 0.15) is 12.1 Å². The van der Waals surface area contributed by atoms with Gasteiger partial charge in [0.2, 0.25) is 0 Å². The van der Waals surface area contributed by atoms with Crippen molar-refractivity contribution in [1.82, 2.24) is 0 Å². The Morgan fingerprint density at radius 2 is 1.91 bits per heavy atom. The van der Waals surface area contributed by atoms with Gasteiger partial charge in [-0.15, -0.1) is 0 Å². The number of hydrogen-bond donors (Lipinski definition) is 2. The highest BCUT2D eigenvalue weighted by Crippen LogP contribution is 2.19. The second-order valence-electron chi connectivity index (χ2n) is 3.74. The lowest BCUT2D eigenvalue weighted by atomic mass is 9.85. The molecule has 0 aromatic heterocycles. The number of carbonyl (C=O) groups excluding carboxylic acids is 1. The molecular weight excluding hydrogens is 146 g/mol. The molecule has 11 heavy (non-hydrogen) atoms. The smallest absolute Gasteiger partial charge is 0.151 e. The first-order valence-corrected chi connectivity index (χ1v) is 3.49. The van der Waals surface area contributed by atoms with Crippen molar-refractivity contribution >= 4 is 5.97 Å². The van der Waals surface area contributed by atoms with Crippen molar-refractivity contribution in [2.24, 2.45) is 5.41 Å². The number of aliphatic hydroxyl groups is 1. The van der Waals surface area contributed by atoms with E-state index < -0.39 is 23.5 Å². The average molecular weight is 161 g/mol. The molecule has 0 saturated carbocycles. The number of hydrogen-bond acceptors (Lipinski definition) is 3. The highest BCUT2D eigenvalue weighted by Gasteiger charge is 2.31. The van der Waals surface area contributed by atoms with Gasteiger partial charge < -0.3 is 20.7 Å². The lowest BCUT2D eigenvalue weighted by Gasteiger charge is -2.28. The standard InChI is InChI=1S/C7H15NO3/c1-7(2,3)5(9)4(8)6(10)11/h4-5,9H,8H2,1-3H3,(H,10,11)/t4-,5-/m0/s1.